The van der Waals surface area contributed by atoms with Crippen molar-refractivity contribution in [2.75, 3.05) is 23.7 Å². The highest BCUT2D eigenvalue weighted by molar-refractivity contribution is 7.98. The summed E-state index contributed by atoms with van der Waals surface area (Å²) in [4.78, 5) is 29.5. The predicted octanol–water partition coefficient (Wildman–Crippen LogP) is 5.33. The smallest absolute Gasteiger partial charge is 0.264 e. The van der Waals surface area contributed by atoms with Crippen LogP contribution in [0.15, 0.2) is 88.7 Å². The summed E-state index contributed by atoms with van der Waals surface area (Å²) in [6.45, 7) is 7.51. The van der Waals surface area contributed by atoms with E-state index in [1.165, 1.54) is 28.8 Å². The van der Waals surface area contributed by atoms with Gasteiger partial charge >= 0.3 is 0 Å². The molecule has 0 aliphatic carbocycles. The molecule has 41 heavy (non-hydrogen) atoms. The lowest BCUT2D eigenvalue weighted by Crippen LogP contribution is -2.52. The van der Waals surface area contributed by atoms with Crippen LogP contribution in [0.4, 0.5) is 5.69 Å². The lowest BCUT2D eigenvalue weighted by atomic mass is 10.1. The van der Waals surface area contributed by atoms with Crippen molar-refractivity contribution < 1.29 is 22.7 Å². The molecule has 0 bridgehead atoms. The van der Waals surface area contributed by atoms with E-state index < -0.39 is 28.5 Å². The molecule has 0 fully saturated rings. The van der Waals surface area contributed by atoms with Gasteiger partial charge in [0.05, 0.1) is 17.2 Å². The molecule has 3 aromatic carbocycles. The molecule has 0 radical (unpaired) electrons. The molecule has 10 heteroatoms. The maximum Gasteiger partial charge on any atom is 0.264 e. The first kappa shape index (κ1) is 32.0. The highest BCUT2D eigenvalue weighted by atomic mass is 32.2. The molecule has 2 amide bonds. The lowest BCUT2D eigenvalue weighted by Gasteiger charge is -2.32. The summed E-state index contributed by atoms with van der Waals surface area (Å²) in [5.74, 6) is -0.212. The van der Waals surface area contributed by atoms with Gasteiger partial charge in [-0.1, -0.05) is 37.3 Å². The summed E-state index contributed by atoms with van der Waals surface area (Å²) in [5.41, 5.74) is 1.14. The normalized spacial score (nSPS) is 12.7. The Kier molecular flexibility index (Phi) is 11.7. The molecule has 3 rings (SSSR count). The van der Waals surface area contributed by atoms with Crippen LogP contribution in [0.1, 0.15) is 39.7 Å². The van der Waals surface area contributed by atoms with Gasteiger partial charge in [-0.15, -0.1) is 11.8 Å². The fourth-order valence-electron chi connectivity index (χ4n) is 4.11. The zero-order valence-corrected chi connectivity index (χ0v) is 25.9. The fraction of sp³-hybridized carbons (Fsp3) is 0.355. The SMILES string of the molecule is CCOc1ccc(N(CC(=O)N(Cc2ccccc2)[C@H](C)C(=O)N[C@@H](C)CC)S(=O)(=O)c2ccc(SC)cc2)cc1. The van der Waals surface area contributed by atoms with Crippen LogP contribution < -0.4 is 14.4 Å². The minimum absolute atomic E-state index is 0.0640. The maximum atomic E-state index is 14.0. The molecule has 3 aromatic rings. The van der Waals surface area contributed by atoms with Gasteiger partial charge in [0.15, 0.2) is 0 Å². The quantitative estimate of drug-likeness (QED) is 0.252. The minimum Gasteiger partial charge on any atom is -0.494 e. The third-order valence-corrected chi connectivity index (χ3v) is 9.26. The Morgan fingerprint density at radius 1 is 0.927 bits per heavy atom. The number of carbonyl (C=O) groups excluding carboxylic acids is 2. The summed E-state index contributed by atoms with van der Waals surface area (Å²) in [5, 5.41) is 2.94. The van der Waals surface area contributed by atoms with Crippen LogP contribution in [0.2, 0.25) is 0 Å². The summed E-state index contributed by atoms with van der Waals surface area (Å²) in [6.07, 6.45) is 2.65. The molecule has 0 aliphatic rings. The van der Waals surface area contributed by atoms with E-state index in [4.69, 9.17) is 4.74 Å². The number of sulfonamides is 1. The van der Waals surface area contributed by atoms with Crippen molar-refractivity contribution in [3.8, 4) is 5.75 Å². The molecule has 0 saturated heterocycles. The largest absolute Gasteiger partial charge is 0.494 e. The van der Waals surface area contributed by atoms with Crippen LogP contribution in [0.25, 0.3) is 0 Å². The second-order valence-electron chi connectivity index (χ2n) is 9.62. The topological polar surface area (TPSA) is 96.0 Å². The molecule has 0 spiro atoms. The third-order valence-electron chi connectivity index (χ3n) is 6.73. The lowest BCUT2D eigenvalue weighted by molar-refractivity contribution is -0.139. The number of anilines is 1. The first-order valence-corrected chi connectivity index (χ1v) is 16.3. The van der Waals surface area contributed by atoms with E-state index in [0.29, 0.717) is 18.0 Å². The van der Waals surface area contributed by atoms with Crippen LogP contribution in [0.5, 0.6) is 5.75 Å². The molecule has 0 saturated carbocycles. The first-order valence-electron chi connectivity index (χ1n) is 13.6. The fourth-order valence-corrected chi connectivity index (χ4v) is 5.93. The van der Waals surface area contributed by atoms with Crippen LogP contribution in [0.3, 0.4) is 0 Å². The van der Waals surface area contributed by atoms with Crippen LogP contribution in [-0.2, 0) is 26.2 Å². The number of nitrogens with one attached hydrogen (secondary N) is 1. The van der Waals surface area contributed by atoms with Gasteiger partial charge in [-0.3, -0.25) is 13.9 Å². The van der Waals surface area contributed by atoms with Crippen LogP contribution in [0, 0.1) is 0 Å². The Balaban J connectivity index is 2.02. The zero-order valence-electron chi connectivity index (χ0n) is 24.2. The Bertz CT molecular complexity index is 1380. The average Bonchev–Trinajstić information content (AvgIpc) is 2.99. The van der Waals surface area contributed by atoms with Crippen molar-refractivity contribution in [1.82, 2.24) is 10.2 Å². The van der Waals surface area contributed by atoms with Gasteiger partial charge in [0, 0.05) is 17.5 Å². The molecular weight excluding hydrogens is 558 g/mol. The summed E-state index contributed by atoms with van der Waals surface area (Å²) < 4.78 is 34.6. The summed E-state index contributed by atoms with van der Waals surface area (Å²) >= 11 is 1.51. The number of carbonyl (C=O) groups is 2. The van der Waals surface area contributed by atoms with Gasteiger partial charge in [0.2, 0.25) is 11.8 Å². The van der Waals surface area contributed by atoms with Crippen molar-refractivity contribution in [2.24, 2.45) is 0 Å². The van der Waals surface area contributed by atoms with E-state index >= 15 is 0 Å². The van der Waals surface area contributed by atoms with E-state index in [9.17, 15) is 18.0 Å². The highest BCUT2D eigenvalue weighted by Crippen LogP contribution is 2.28. The van der Waals surface area contributed by atoms with Gasteiger partial charge in [0.25, 0.3) is 10.0 Å². The average molecular weight is 598 g/mol. The monoisotopic (exact) mass is 597 g/mol. The number of benzene rings is 3. The predicted molar refractivity (Wildman–Crippen MR) is 165 cm³/mol. The molecule has 2 atom stereocenters. The van der Waals surface area contributed by atoms with Crippen molar-refractivity contribution in [3.05, 3.63) is 84.4 Å². The Morgan fingerprint density at radius 3 is 2.12 bits per heavy atom. The summed E-state index contributed by atoms with van der Waals surface area (Å²) in [6, 6.07) is 21.6. The van der Waals surface area contributed by atoms with Gasteiger partial charge in [0.1, 0.15) is 18.3 Å². The van der Waals surface area contributed by atoms with Crippen LogP contribution in [-0.4, -0.2) is 56.6 Å². The molecular formula is C31H39N3O5S2. The van der Waals surface area contributed by atoms with Gasteiger partial charge in [-0.2, -0.15) is 0 Å². The Labute approximate surface area is 248 Å². The first-order chi connectivity index (χ1) is 19.6. The number of rotatable bonds is 14. The van der Waals surface area contributed by atoms with E-state index in [-0.39, 0.29) is 23.4 Å². The highest BCUT2D eigenvalue weighted by Gasteiger charge is 2.32. The van der Waals surface area contributed by atoms with Crippen LogP contribution >= 0.6 is 11.8 Å². The minimum atomic E-state index is -4.14. The number of hydrogen-bond acceptors (Lipinski definition) is 6. The van der Waals surface area contributed by atoms with E-state index in [1.807, 2.05) is 57.4 Å². The number of ether oxygens (including phenoxy) is 1. The second-order valence-corrected chi connectivity index (χ2v) is 12.4. The molecule has 8 nitrogen and oxygen atoms in total. The van der Waals surface area contributed by atoms with E-state index in [0.717, 1.165) is 21.2 Å². The maximum absolute atomic E-state index is 14.0. The van der Waals surface area contributed by atoms with Gasteiger partial charge in [-0.05, 0) is 87.5 Å². The third kappa shape index (κ3) is 8.50. The zero-order chi connectivity index (χ0) is 30.0. The molecule has 0 unspecified atom stereocenters. The summed E-state index contributed by atoms with van der Waals surface area (Å²) in [7, 11) is -4.14. The molecule has 1 N–H and O–H groups in total. The van der Waals surface area contributed by atoms with E-state index in [1.54, 1.807) is 43.3 Å². The van der Waals surface area contributed by atoms with Gasteiger partial charge < -0.3 is 15.0 Å². The standard InChI is InChI=1S/C31H39N3O5S2/c1-6-23(3)32-31(36)24(4)33(21-25-11-9-8-10-12-25)30(35)22-34(26-13-15-27(16-14-26)39-7-2)41(37,38)29-19-17-28(40-5)18-20-29/h8-20,23-24H,6-7,21-22H2,1-5H3,(H,32,36)/t23-,24+/m0/s1. The molecule has 220 valence electrons. The van der Waals surface area contributed by atoms with Crippen molar-refractivity contribution >= 4 is 39.3 Å². The molecule has 0 aromatic heterocycles. The van der Waals surface area contributed by atoms with Gasteiger partial charge in [-0.25, -0.2) is 8.42 Å². The Morgan fingerprint density at radius 2 is 1.56 bits per heavy atom. The number of amides is 2. The Hall–Kier alpha value is -3.50. The van der Waals surface area contributed by atoms with Crippen molar-refractivity contribution in [3.63, 3.8) is 0 Å². The van der Waals surface area contributed by atoms with E-state index in [2.05, 4.69) is 5.32 Å². The number of thioether (sulfide) groups is 1. The molecule has 0 aliphatic heterocycles. The molecule has 0 heterocycles. The number of hydrogen-bond donors (Lipinski definition) is 1. The second kappa shape index (κ2) is 14.9. The van der Waals surface area contributed by atoms with Crippen molar-refractivity contribution in [1.29, 1.82) is 0 Å². The number of nitrogens with zero attached hydrogens (tertiary/aromatic N) is 2. The van der Waals surface area contributed by atoms with Crippen molar-refractivity contribution in [2.45, 2.75) is 62.5 Å².